The number of aryl methyl sites for hydroxylation is 2. The summed E-state index contributed by atoms with van der Waals surface area (Å²) in [5.41, 5.74) is 9.36. The van der Waals surface area contributed by atoms with Crippen molar-refractivity contribution in [3.8, 4) is 11.3 Å². The molecular formula is C28H31N5. The molecule has 3 aromatic rings. The molecule has 0 saturated heterocycles. The molecule has 0 spiro atoms. The molecule has 33 heavy (non-hydrogen) atoms. The molecule has 0 bridgehead atoms. The van der Waals surface area contributed by atoms with Gasteiger partial charge < -0.3 is 5.32 Å². The van der Waals surface area contributed by atoms with Crippen LogP contribution in [0, 0.1) is 6.92 Å². The summed E-state index contributed by atoms with van der Waals surface area (Å²) >= 11 is 0. The monoisotopic (exact) mass is 437 g/mol. The SMILES string of the molecule is C=C(/C=C\NC(C)=NC(C)C1=NC(C)=C1)c1c(-c2ccc(C)cc2)nc2cc(CC)ccn12. The first-order valence-corrected chi connectivity index (χ1v) is 11.4. The van der Waals surface area contributed by atoms with Gasteiger partial charge in [-0.3, -0.25) is 14.4 Å². The highest BCUT2D eigenvalue weighted by Crippen LogP contribution is 2.30. The summed E-state index contributed by atoms with van der Waals surface area (Å²) in [4.78, 5) is 14.0. The molecule has 0 aliphatic carbocycles. The molecule has 3 heterocycles. The number of amidine groups is 1. The van der Waals surface area contributed by atoms with Crippen LogP contribution in [0.4, 0.5) is 0 Å². The summed E-state index contributed by atoms with van der Waals surface area (Å²) < 4.78 is 2.12. The highest BCUT2D eigenvalue weighted by molar-refractivity contribution is 6.05. The molecule has 1 aromatic carbocycles. The van der Waals surface area contributed by atoms with Crippen molar-refractivity contribution in [3.05, 3.63) is 90.0 Å². The second kappa shape index (κ2) is 9.41. The molecule has 1 aliphatic heterocycles. The van der Waals surface area contributed by atoms with Crippen LogP contribution >= 0.6 is 0 Å². The van der Waals surface area contributed by atoms with Crippen molar-refractivity contribution >= 4 is 22.8 Å². The van der Waals surface area contributed by atoms with E-state index < -0.39 is 0 Å². The van der Waals surface area contributed by atoms with E-state index in [1.807, 2.05) is 33.0 Å². The lowest BCUT2D eigenvalue weighted by Crippen LogP contribution is -2.23. The lowest BCUT2D eigenvalue weighted by molar-refractivity contribution is 0.942. The zero-order valence-electron chi connectivity index (χ0n) is 20.1. The summed E-state index contributed by atoms with van der Waals surface area (Å²) in [6, 6.07) is 12.8. The number of fused-ring (bicyclic) bond motifs is 1. The minimum atomic E-state index is 0.0393. The van der Waals surface area contributed by atoms with Gasteiger partial charge >= 0.3 is 0 Å². The van der Waals surface area contributed by atoms with Crippen LogP contribution in [0.15, 0.2) is 83.2 Å². The lowest BCUT2D eigenvalue weighted by Gasteiger charge is -2.15. The maximum atomic E-state index is 4.97. The minimum absolute atomic E-state index is 0.0393. The number of aliphatic imine (C=N–C) groups is 2. The quantitative estimate of drug-likeness (QED) is 0.274. The maximum Gasteiger partial charge on any atom is 0.138 e. The fourth-order valence-electron chi connectivity index (χ4n) is 3.89. The zero-order chi connectivity index (χ0) is 23.5. The summed E-state index contributed by atoms with van der Waals surface area (Å²) in [5, 5.41) is 3.26. The number of rotatable bonds is 7. The van der Waals surface area contributed by atoms with Gasteiger partial charge in [-0.25, -0.2) is 4.98 Å². The van der Waals surface area contributed by atoms with Crippen LogP contribution in [0.3, 0.4) is 0 Å². The van der Waals surface area contributed by atoms with Crippen molar-refractivity contribution < 1.29 is 0 Å². The molecule has 2 aromatic heterocycles. The topological polar surface area (TPSA) is 54.0 Å². The second-order valence-electron chi connectivity index (χ2n) is 8.51. The summed E-state index contributed by atoms with van der Waals surface area (Å²) in [6.07, 6.45) is 8.99. The number of benzene rings is 1. The van der Waals surface area contributed by atoms with E-state index in [9.17, 15) is 0 Å². The normalized spacial score (nSPS) is 14.8. The molecule has 0 fully saturated rings. The van der Waals surface area contributed by atoms with E-state index in [-0.39, 0.29) is 6.04 Å². The van der Waals surface area contributed by atoms with Crippen LogP contribution in [0.1, 0.15) is 44.5 Å². The van der Waals surface area contributed by atoms with E-state index in [4.69, 9.17) is 4.98 Å². The average molecular weight is 438 g/mol. The van der Waals surface area contributed by atoms with Gasteiger partial charge in [0.15, 0.2) is 0 Å². The van der Waals surface area contributed by atoms with Gasteiger partial charge in [-0.05, 0) is 69.5 Å². The number of nitrogens with zero attached hydrogens (tertiary/aromatic N) is 4. The molecule has 0 saturated carbocycles. The van der Waals surface area contributed by atoms with E-state index >= 15 is 0 Å². The third-order valence-electron chi connectivity index (χ3n) is 5.78. The fourth-order valence-corrected chi connectivity index (χ4v) is 3.89. The Balaban J connectivity index is 1.60. The predicted molar refractivity (Wildman–Crippen MR) is 140 cm³/mol. The minimum Gasteiger partial charge on any atom is -0.351 e. The lowest BCUT2D eigenvalue weighted by atomic mass is 10.0. The van der Waals surface area contributed by atoms with Gasteiger partial charge in [-0.1, -0.05) is 43.3 Å². The number of hydrogen-bond acceptors (Lipinski definition) is 3. The Hall–Kier alpha value is -3.73. The van der Waals surface area contributed by atoms with Gasteiger partial charge in [0.2, 0.25) is 0 Å². The summed E-state index contributed by atoms with van der Waals surface area (Å²) in [7, 11) is 0. The van der Waals surface area contributed by atoms with Gasteiger partial charge in [0.1, 0.15) is 5.65 Å². The Morgan fingerprint density at radius 2 is 1.94 bits per heavy atom. The van der Waals surface area contributed by atoms with Crippen LogP contribution in [0.2, 0.25) is 0 Å². The zero-order valence-corrected chi connectivity index (χ0v) is 20.1. The molecule has 5 nitrogen and oxygen atoms in total. The van der Waals surface area contributed by atoms with Crippen molar-refractivity contribution in [3.63, 3.8) is 0 Å². The van der Waals surface area contributed by atoms with Crippen LogP contribution in [-0.2, 0) is 6.42 Å². The Bertz CT molecular complexity index is 1320. The molecule has 0 radical (unpaired) electrons. The van der Waals surface area contributed by atoms with Crippen molar-refractivity contribution in [1.29, 1.82) is 0 Å². The summed E-state index contributed by atoms with van der Waals surface area (Å²) in [5.74, 6) is 0.830. The third kappa shape index (κ3) is 4.87. The van der Waals surface area contributed by atoms with Crippen LogP contribution in [-0.4, -0.2) is 27.0 Å². The van der Waals surface area contributed by atoms with Gasteiger partial charge in [0.25, 0.3) is 0 Å². The molecule has 5 heteroatoms. The Morgan fingerprint density at radius 3 is 2.61 bits per heavy atom. The number of imidazole rings is 1. The third-order valence-corrected chi connectivity index (χ3v) is 5.78. The van der Waals surface area contributed by atoms with Crippen molar-refractivity contribution in [2.45, 2.75) is 47.1 Å². The van der Waals surface area contributed by atoms with Crippen LogP contribution < -0.4 is 5.32 Å². The van der Waals surface area contributed by atoms with Crippen molar-refractivity contribution in [1.82, 2.24) is 14.7 Å². The summed E-state index contributed by atoms with van der Waals surface area (Å²) in [6.45, 7) is 14.6. The molecule has 1 unspecified atom stereocenters. The fraction of sp³-hybridized carbons (Fsp3) is 0.250. The molecule has 4 rings (SSSR count). The molecule has 0 amide bonds. The highest BCUT2D eigenvalue weighted by Gasteiger charge is 2.16. The largest absolute Gasteiger partial charge is 0.351 e. The molecule has 1 N–H and O–H groups in total. The Morgan fingerprint density at radius 1 is 1.21 bits per heavy atom. The number of nitrogens with one attached hydrogen (secondary N) is 1. The van der Waals surface area contributed by atoms with E-state index in [0.717, 1.165) is 51.8 Å². The van der Waals surface area contributed by atoms with E-state index in [1.165, 1.54) is 11.1 Å². The van der Waals surface area contributed by atoms with Gasteiger partial charge in [-0.15, -0.1) is 0 Å². The van der Waals surface area contributed by atoms with E-state index in [0.29, 0.717) is 0 Å². The molecule has 168 valence electrons. The first kappa shape index (κ1) is 22.5. The number of aromatic nitrogens is 2. The highest BCUT2D eigenvalue weighted by atomic mass is 15.0. The second-order valence-corrected chi connectivity index (χ2v) is 8.51. The van der Waals surface area contributed by atoms with E-state index in [1.54, 1.807) is 0 Å². The smallest absolute Gasteiger partial charge is 0.138 e. The first-order chi connectivity index (χ1) is 15.9. The van der Waals surface area contributed by atoms with Crippen LogP contribution in [0.5, 0.6) is 0 Å². The van der Waals surface area contributed by atoms with Crippen molar-refractivity contribution in [2.24, 2.45) is 9.98 Å². The molecule has 1 atom stereocenters. The Labute approximate surface area is 196 Å². The number of hydrogen-bond donors (Lipinski definition) is 1. The van der Waals surface area contributed by atoms with Crippen LogP contribution in [0.25, 0.3) is 22.5 Å². The van der Waals surface area contributed by atoms with Crippen molar-refractivity contribution in [2.75, 3.05) is 0 Å². The standard InChI is InChI=1S/C28H31N5/c1-7-23-13-15-33-26(17-23)32-27(24-10-8-18(2)9-11-24)28(33)19(3)12-14-29-22(6)31-21(5)25-16-20(4)30-25/h8-17,21H,3,7H2,1-2,4-6H3,(H,29,31)/b14-12-. The predicted octanol–water partition coefficient (Wildman–Crippen LogP) is 6.15. The Kier molecular flexibility index (Phi) is 6.40. The molecular weight excluding hydrogens is 406 g/mol. The van der Waals surface area contributed by atoms with Gasteiger partial charge in [-0.2, -0.15) is 0 Å². The number of pyridine rings is 1. The first-order valence-electron chi connectivity index (χ1n) is 11.4. The van der Waals surface area contributed by atoms with E-state index in [2.05, 4.69) is 88.8 Å². The van der Waals surface area contributed by atoms with Gasteiger partial charge in [0, 0.05) is 23.7 Å². The van der Waals surface area contributed by atoms with Gasteiger partial charge in [0.05, 0.1) is 29.0 Å². The number of allylic oxidation sites excluding steroid dienone is 3. The maximum absolute atomic E-state index is 4.97. The molecule has 1 aliphatic rings. The average Bonchev–Trinajstić information content (AvgIpc) is 3.15.